The third-order valence-corrected chi connectivity index (χ3v) is 4.17. The molecule has 1 amide bonds. The van der Waals surface area contributed by atoms with E-state index in [-0.39, 0.29) is 5.91 Å². The molecule has 0 bridgehead atoms. The summed E-state index contributed by atoms with van der Waals surface area (Å²) in [6.07, 6.45) is 16.4. The van der Waals surface area contributed by atoms with Gasteiger partial charge >= 0.3 is 0 Å². The van der Waals surface area contributed by atoms with E-state index in [1.54, 1.807) is 0 Å². The Morgan fingerprint density at radius 1 is 0.789 bits per heavy atom. The second-order valence-electron chi connectivity index (χ2n) is 5.37. The van der Waals surface area contributed by atoms with Crippen LogP contribution in [-0.4, -0.2) is 16.9 Å². The van der Waals surface area contributed by atoms with Gasteiger partial charge in [-0.15, -0.1) is 0 Å². The van der Waals surface area contributed by atoms with Crippen molar-refractivity contribution in [3.63, 3.8) is 0 Å². The van der Waals surface area contributed by atoms with Gasteiger partial charge in [-0.2, -0.15) is 0 Å². The van der Waals surface area contributed by atoms with Crippen molar-refractivity contribution >= 4 is 28.5 Å². The zero-order valence-corrected chi connectivity index (χ0v) is 14.8. The van der Waals surface area contributed by atoms with Crippen LogP contribution in [0.2, 0.25) is 0 Å². The minimum Gasteiger partial charge on any atom is -0.355 e. The number of halogens is 1. The standard InChI is InChI=1S/C16H32INO/c1-2-3-4-5-6-7-8-9-10-11-12-13-14-18-16(19)15-17/h2-15H2,1H3,(H,18,19). The lowest BCUT2D eigenvalue weighted by Gasteiger charge is -2.04. The molecule has 2 nitrogen and oxygen atoms in total. The van der Waals surface area contributed by atoms with Crippen molar-refractivity contribution in [2.45, 2.75) is 84.0 Å². The fraction of sp³-hybridized carbons (Fsp3) is 0.938. The highest BCUT2D eigenvalue weighted by molar-refractivity contribution is 14.1. The highest BCUT2D eigenvalue weighted by atomic mass is 127. The molecule has 0 heterocycles. The molecule has 0 atom stereocenters. The van der Waals surface area contributed by atoms with Crippen LogP contribution in [-0.2, 0) is 4.79 Å². The summed E-state index contributed by atoms with van der Waals surface area (Å²) in [4.78, 5) is 11.0. The van der Waals surface area contributed by atoms with Gasteiger partial charge in [-0.3, -0.25) is 4.79 Å². The lowest BCUT2D eigenvalue weighted by Crippen LogP contribution is -2.25. The van der Waals surface area contributed by atoms with E-state index in [0.29, 0.717) is 4.43 Å². The SMILES string of the molecule is CCCCCCCCCCCCCCNC(=O)CI. The molecule has 0 aromatic carbocycles. The highest BCUT2D eigenvalue weighted by Gasteiger charge is 1.96. The number of hydrogen-bond acceptors (Lipinski definition) is 1. The van der Waals surface area contributed by atoms with Crippen LogP contribution in [0.4, 0.5) is 0 Å². The van der Waals surface area contributed by atoms with Crippen molar-refractivity contribution in [1.82, 2.24) is 5.32 Å². The number of nitrogens with one attached hydrogen (secondary N) is 1. The maximum absolute atomic E-state index is 11.0. The molecule has 0 aromatic rings. The lowest BCUT2D eigenvalue weighted by molar-refractivity contribution is -0.118. The van der Waals surface area contributed by atoms with E-state index in [4.69, 9.17) is 0 Å². The molecule has 0 unspecified atom stereocenters. The Morgan fingerprint density at radius 2 is 1.21 bits per heavy atom. The van der Waals surface area contributed by atoms with Crippen molar-refractivity contribution in [3.8, 4) is 0 Å². The number of carbonyl (C=O) groups excluding carboxylic acids is 1. The molecule has 0 radical (unpaired) electrons. The average molecular weight is 381 g/mol. The summed E-state index contributed by atoms with van der Waals surface area (Å²) in [6.45, 7) is 3.13. The van der Waals surface area contributed by atoms with Gasteiger partial charge in [-0.05, 0) is 6.42 Å². The molecule has 0 saturated heterocycles. The van der Waals surface area contributed by atoms with E-state index in [1.807, 2.05) is 0 Å². The molecule has 1 N–H and O–H groups in total. The fourth-order valence-electron chi connectivity index (χ4n) is 2.24. The number of unbranched alkanes of at least 4 members (excludes halogenated alkanes) is 11. The number of alkyl halides is 1. The Hall–Kier alpha value is 0.200. The zero-order valence-electron chi connectivity index (χ0n) is 12.7. The van der Waals surface area contributed by atoms with Gasteiger partial charge in [0.2, 0.25) is 5.91 Å². The Bertz CT molecular complexity index is 197. The van der Waals surface area contributed by atoms with Gasteiger partial charge in [0.05, 0.1) is 4.43 Å². The highest BCUT2D eigenvalue weighted by Crippen LogP contribution is 2.11. The van der Waals surface area contributed by atoms with Crippen LogP contribution in [0.25, 0.3) is 0 Å². The van der Waals surface area contributed by atoms with Crippen molar-refractivity contribution in [3.05, 3.63) is 0 Å². The van der Waals surface area contributed by atoms with Crippen LogP contribution < -0.4 is 5.32 Å². The molecule has 0 aliphatic carbocycles. The predicted octanol–water partition coefficient (Wildman–Crippen LogP) is 5.24. The van der Waals surface area contributed by atoms with Gasteiger partial charge in [0.15, 0.2) is 0 Å². The van der Waals surface area contributed by atoms with Crippen molar-refractivity contribution in [2.75, 3.05) is 11.0 Å². The molecule has 0 aliphatic heterocycles. The molecule has 19 heavy (non-hydrogen) atoms. The Labute approximate surface area is 133 Å². The molecule has 0 saturated carbocycles. The maximum atomic E-state index is 11.0. The number of amides is 1. The summed E-state index contributed by atoms with van der Waals surface area (Å²) in [7, 11) is 0. The van der Waals surface area contributed by atoms with Crippen LogP contribution in [0.1, 0.15) is 84.0 Å². The van der Waals surface area contributed by atoms with Crippen molar-refractivity contribution in [2.24, 2.45) is 0 Å². The van der Waals surface area contributed by atoms with E-state index < -0.39 is 0 Å². The summed E-state index contributed by atoms with van der Waals surface area (Å²) in [6, 6.07) is 0. The Kier molecular flexibility index (Phi) is 16.4. The molecule has 0 fully saturated rings. The minimum absolute atomic E-state index is 0.170. The molecule has 3 heteroatoms. The smallest absolute Gasteiger partial charge is 0.229 e. The first kappa shape index (κ1) is 19.2. The van der Waals surface area contributed by atoms with Gasteiger partial charge < -0.3 is 5.32 Å². The number of rotatable bonds is 14. The summed E-state index contributed by atoms with van der Waals surface area (Å²) in [5.41, 5.74) is 0. The summed E-state index contributed by atoms with van der Waals surface area (Å²) in [5, 5.41) is 2.92. The maximum Gasteiger partial charge on any atom is 0.229 e. The average Bonchev–Trinajstić information content (AvgIpc) is 2.43. The first-order chi connectivity index (χ1) is 9.31. The second kappa shape index (κ2) is 16.3. The third-order valence-electron chi connectivity index (χ3n) is 3.47. The minimum atomic E-state index is 0.170. The van der Waals surface area contributed by atoms with E-state index in [1.165, 1.54) is 70.6 Å². The molecule has 0 aromatic heterocycles. The summed E-state index contributed by atoms with van der Waals surface area (Å²) in [5.74, 6) is 0.170. The zero-order chi connectivity index (χ0) is 14.2. The third kappa shape index (κ3) is 16.1. The fourth-order valence-corrected chi connectivity index (χ4v) is 2.51. The first-order valence-corrected chi connectivity index (χ1v) is 9.66. The lowest BCUT2D eigenvalue weighted by atomic mass is 10.1. The normalized spacial score (nSPS) is 10.6. The van der Waals surface area contributed by atoms with Crippen LogP contribution in [0.15, 0.2) is 0 Å². The van der Waals surface area contributed by atoms with E-state index in [0.717, 1.165) is 13.0 Å². The van der Waals surface area contributed by atoms with Crippen molar-refractivity contribution < 1.29 is 4.79 Å². The molecule has 0 spiro atoms. The van der Waals surface area contributed by atoms with Gasteiger partial charge in [-0.25, -0.2) is 0 Å². The van der Waals surface area contributed by atoms with E-state index >= 15 is 0 Å². The van der Waals surface area contributed by atoms with Gasteiger partial charge in [-0.1, -0.05) is 100 Å². The molecular weight excluding hydrogens is 349 g/mol. The molecule has 0 rings (SSSR count). The number of hydrogen-bond donors (Lipinski definition) is 1. The van der Waals surface area contributed by atoms with Crippen LogP contribution in [0, 0.1) is 0 Å². The predicted molar refractivity (Wildman–Crippen MR) is 93.0 cm³/mol. The molecular formula is C16H32INO. The first-order valence-electron chi connectivity index (χ1n) is 8.14. The summed E-state index contributed by atoms with van der Waals surface area (Å²) >= 11 is 2.10. The topological polar surface area (TPSA) is 29.1 Å². The Balaban J connectivity index is 2.97. The van der Waals surface area contributed by atoms with Crippen molar-refractivity contribution in [1.29, 1.82) is 0 Å². The quantitative estimate of drug-likeness (QED) is 0.249. The van der Waals surface area contributed by atoms with Crippen LogP contribution in [0.5, 0.6) is 0 Å². The van der Waals surface area contributed by atoms with Crippen LogP contribution >= 0.6 is 22.6 Å². The van der Waals surface area contributed by atoms with E-state index in [2.05, 4.69) is 34.8 Å². The monoisotopic (exact) mass is 381 g/mol. The van der Waals surface area contributed by atoms with Gasteiger partial charge in [0.1, 0.15) is 0 Å². The van der Waals surface area contributed by atoms with Gasteiger partial charge in [0.25, 0.3) is 0 Å². The molecule has 114 valence electrons. The molecule has 0 aliphatic rings. The van der Waals surface area contributed by atoms with Gasteiger partial charge in [0, 0.05) is 6.54 Å². The Morgan fingerprint density at radius 3 is 1.63 bits per heavy atom. The second-order valence-corrected chi connectivity index (χ2v) is 6.14. The number of carbonyl (C=O) groups is 1. The summed E-state index contributed by atoms with van der Waals surface area (Å²) < 4.78 is 0.579. The largest absolute Gasteiger partial charge is 0.355 e. The van der Waals surface area contributed by atoms with E-state index in [9.17, 15) is 4.79 Å². The van der Waals surface area contributed by atoms with Crippen LogP contribution in [0.3, 0.4) is 0 Å².